The average molecular weight is 446 g/mol. The highest BCUT2D eigenvalue weighted by Crippen LogP contribution is 2.26. The first-order valence-corrected chi connectivity index (χ1v) is 11.1. The maximum Gasteiger partial charge on any atom is 0.262 e. The fourth-order valence-electron chi connectivity index (χ4n) is 2.53. The van der Waals surface area contributed by atoms with Crippen LogP contribution < -0.4 is 20.1 Å². The van der Waals surface area contributed by atoms with E-state index in [0.717, 1.165) is 0 Å². The van der Waals surface area contributed by atoms with E-state index in [-0.39, 0.29) is 23.0 Å². The third-order valence-electron chi connectivity index (χ3n) is 3.93. The van der Waals surface area contributed by atoms with Crippen molar-refractivity contribution in [2.24, 2.45) is 0 Å². The number of nitrogens with one attached hydrogen (secondary N) is 3. The first-order valence-electron chi connectivity index (χ1n) is 8.76. The van der Waals surface area contributed by atoms with Gasteiger partial charge in [-0.2, -0.15) is 0 Å². The third kappa shape index (κ3) is 5.37. The molecule has 0 spiro atoms. The van der Waals surface area contributed by atoms with Crippen LogP contribution in [0.3, 0.4) is 0 Å². The van der Waals surface area contributed by atoms with Gasteiger partial charge in [-0.1, -0.05) is 24.3 Å². The van der Waals surface area contributed by atoms with Gasteiger partial charge in [0.2, 0.25) is 5.91 Å². The van der Waals surface area contributed by atoms with Crippen LogP contribution in [0.4, 0.5) is 11.4 Å². The standard InChI is InChI=1S/C20H19N3O5S2/c1-28-17-9-3-2-8-16(17)23-30(26,27)15-7-4-6-14(12-15)22-19(24)13-21-20(25)18-10-5-11-29-18/h2-12,23H,13H2,1H3,(H,21,25)(H,22,24). The van der Waals surface area contributed by atoms with E-state index in [2.05, 4.69) is 15.4 Å². The molecular weight excluding hydrogens is 426 g/mol. The Morgan fingerprint density at radius 3 is 2.57 bits per heavy atom. The van der Waals surface area contributed by atoms with Crippen LogP contribution in [-0.4, -0.2) is 33.9 Å². The van der Waals surface area contributed by atoms with E-state index >= 15 is 0 Å². The highest BCUT2D eigenvalue weighted by molar-refractivity contribution is 7.92. The Bertz CT molecular complexity index is 1140. The molecule has 0 aliphatic carbocycles. The summed E-state index contributed by atoms with van der Waals surface area (Å²) in [6.07, 6.45) is 0. The van der Waals surface area contributed by atoms with E-state index in [9.17, 15) is 18.0 Å². The molecule has 1 heterocycles. The normalized spacial score (nSPS) is 10.8. The topological polar surface area (TPSA) is 114 Å². The predicted molar refractivity (Wildman–Crippen MR) is 116 cm³/mol. The lowest BCUT2D eigenvalue weighted by atomic mass is 10.3. The maximum atomic E-state index is 12.7. The molecule has 2 aromatic carbocycles. The first kappa shape index (κ1) is 21.3. The van der Waals surface area contributed by atoms with Crippen LogP contribution in [0.2, 0.25) is 0 Å². The van der Waals surface area contributed by atoms with Crippen LogP contribution in [-0.2, 0) is 14.8 Å². The number of carbonyl (C=O) groups excluding carboxylic acids is 2. The first-order chi connectivity index (χ1) is 14.4. The zero-order valence-electron chi connectivity index (χ0n) is 15.9. The second-order valence-corrected chi connectivity index (χ2v) is 8.67. The van der Waals surface area contributed by atoms with Gasteiger partial charge in [0.15, 0.2) is 0 Å². The second kappa shape index (κ2) is 9.42. The molecule has 30 heavy (non-hydrogen) atoms. The number of methoxy groups -OCH3 is 1. The number of carbonyl (C=O) groups is 2. The van der Waals surface area contributed by atoms with Crippen LogP contribution in [0.25, 0.3) is 0 Å². The summed E-state index contributed by atoms with van der Waals surface area (Å²) in [6, 6.07) is 15.8. The van der Waals surface area contributed by atoms with Crippen molar-refractivity contribution in [3.05, 3.63) is 70.9 Å². The summed E-state index contributed by atoms with van der Waals surface area (Å²) in [7, 11) is -2.46. The summed E-state index contributed by atoms with van der Waals surface area (Å²) in [6.45, 7) is -0.243. The molecular formula is C20H19N3O5S2. The molecule has 0 aliphatic heterocycles. The Balaban J connectivity index is 1.66. The molecule has 3 N–H and O–H groups in total. The third-order valence-corrected chi connectivity index (χ3v) is 6.17. The van der Waals surface area contributed by atoms with Gasteiger partial charge in [0.25, 0.3) is 15.9 Å². The summed E-state index contributed by atoms with van der Waals surface area (Å²) in [4.78, 5) is 24.5. The van der Waals surface area contributed by atoms with Crippen LogP contribution in [0.5, 0.6) is 5.75 Å². The number of para-hydroxylation sites is 2. The maximum absolute atomic E-state index is 12.7. The summed E-state index contributed by atoms with van der Waals surface area (Å²) < 4.78 is 33.1. The molecule has 0 aliphatic rings. The lowest BCUT2D eigenvalue weighted by molar-refractivity contribution is -0.115. The van der Waals surface area contributed by atoms with Crippen molar-refractivity contribution in [1.82, 2.24) is 5.32 Å². The summed E-state index contributed by atoms with van der Waals surface area (Å²) in [5.41, 5.74) is 0.582. The molecule has 8 nitrogen and oxygen atoms in total. The largest absolute Gasteiger partial charge is 0.495 e. The fourth-order valence-corrected chi connectivity index (χ4v) is 4.29. The zero-order valence-corrected chi connectivity index (χ0v) is 17.5. The number of thiophene rings is 1. The van der Waals surface area contributed by atoms with Crippen molar-refractivity contribution in [1.29, 1.82) is 0 Å². The molecule has 2 amide bonds. The number of sulfonamides is 1. The Morgan fingerprint density at radius 1 is 1.03 bits per heavy atom. The lowest BCUT2D eigenvalue weighted by Gasteiger charge is -2.12. The zero-order chi connectivity index (χ0) is 21.6. The number of ether oxygens (including phenoxy) is 1. The molecule has 0 atom stereocenters. The summed E-state index contributed by atoms with van der Waals surface area (Å²) in [5, 5.41) is 6.85. The van der Waals surface area contributed by atoms with Gasteiger partial charge in [-0.3, -0.25) is 14.3 Å². The van der Waals surface area contributed by atoms with Crippen LogP contribution >= 0.6 is 11.3 Å². The van der Waals surface area contributed by atoms with Crippen molar-refractivity contribution in [2.45, 2.75) is 4.90 Å². The highest BCUT2D eigenvalue weighted by atomic mass is 32.2. The van der Waals surface area contributed by atoms with Crippen LogP contribution in [0.1, 0.15) is 9.67 Å². The monoisotopic (exact) mass is 445 g/mol. The number of amides is 2. The van der Waals surface area contributed by atoms with Gasteiger partial charge in [-0.15, -0.1) is 11.3 Å². The summed E-state index contributed by atoms with van der Waals surface area (Å²) in [5.74, 6) is -0.448. The van der Waals surface area contributed by atoms with Gasteiger partial charge in [0.1, 0.15) is 5.75 Å². The van der Waals surface area contributed by atoms with E-state index in [1.807, 2.05) is 0 Å². The van der Waals surface area contributed by atoms with Crippen molar-refractivity contribution in [3.63, 3.8) is 0 Å². The van der Waals surface area contributed by atoms with Gasteiger partial charge in [-0.05, 0) is 41.8 Å². The van der Waals surface area contributed by atoms with Gasteiger partial charge in [-0.25, -0.2) is 8.42 Å². The summed E-state index contributed by atoms with van der Waals surface area (Å²) >= 11 is 1.27. The minimum Gasteiger partial charge on any atom is -0.495 e. The molecule has 156 valence electrons. The van der Waals surface area contributed by atoms with Crippen molar-refractivity contribution in [3.8, 4) is 5.75 Å². The quantitative estimate of drug-likeness (QED) is 0.493. The van der Waals surface area contributed by atoms with E-state index in [4.69, 9.17) is 4.74 Å². The predicted octanol–water partition coefficient (Wildman–Crippen LogP) is 2.93. The molecule has 0 saturated heterocycles. The molecule has 10 heteroatoms. The molecule has 0 bridgehead atoms. The van der Waals surface area contributed by atoms with E-state index in [0.29, 0.717) is 16.3 Å². The molecule has 0 unspecified atom stereocenters. The minimum atomic E-state index is -3.91. The van der Waals surface area contributed by atoms with E-state index in [1.54, 1.807) is 47.8 Å². The van der Waals surface area contributed by atoms with Crippen molar-refractivity contribution >= 4 is 44.5 Å². The Labute approximate surface area is 177 Å². The van der Waals surface area contributed by atoms with Crippen molar-refractivity contribution in [2.75, 3.05) is 23.7 Å². The lowest BCUT2D eigenvalue weighted by Crippen LogP contribution is -2.32. The molecule has 3 rings (SSSR count). The van der Waals surface area contributed by atoms with Crippen LogP contribution in [0, 0.1) is 0 Å². The number of anilines is 2. The average Bonchev–Trinajstić information content (AvgIpc) is 3.27. The minimum absolute atomic E-state index is 0.0335. The SMILES string of the molecule is COc1ccccc1NS(=O)(=O)c1cccc(NC(=O)CNC(=O)c2cccs2)c1. The van der Waals surface area contributed by atoms with Gasteiger partial charge in [0, 0.05) is 5.69 Å². The van der Waals surface area contributed by atoms with Gasteiger partial charge in [0.05, 0.1) is 29.1 Å². The highest BCUT2D eigenvalue weighted by Gasteiger charge is 2.17. The molecule has 3 aromatic rings. The Kier molecular flexibility index (Phi) is 6.70. The van der Waals surface area contributed by atoms with E-state index in [1.165, 1.54) is 36.6 Å². The fraction of sp³-hybridized carbons (Fsp3) is 0.100. The smallest absolute Gasteiger partial charge is 0.262 e. The number of hydrogen-bond donors (Lipinski definition) is 3. The van der Waals surface area contributed by atoms with Gasteiger partial charge >= 0.3 is 0 Å². The van der Waals surface area contributed by atoms with Crippen LogP contribution in [0.15, 0.2) is 70.9 Å². The number of benzene rings is 2. The Morgan fingerprint density at radius 2 is 1.83 bits per heavy atom. The molecule has 0 fully saturated rings. The second-order valence-electron chi connectivity index (χ2n) is 6.04. The Hall–Kier alpha value is -3.37. The number of hydrogen-bond acceptors (Lipinski definition) is 6. The van der Waals surface area contributed by atoms with Gasteiger partial charge < -0.3 is 15.4 Å². The molecule has 0 saturated carbocycles. The number of rotatable bonds is 8. The van der Waals surface area contributed by atoms with Crippen molar-refractivity contribution < 1.29 is 22.7 Å². The molecule has 0 radical (unpaired) electrons. The van der Waals surface area contributed by atoms with E-state index < -0.39 is 15.9 Å². The molecule has 1 aromatic heterocycles.